The lowest BCUT2D eigenvalue weighted by molar-refractivity contribution is 0.909. The van der Waals surface area contributed by atoms with Crippen molar-refractivity contribution >= 4 is 44.7 Å². The van der Waals surface area contributed by atoms with Crippen molar-refractivity contribution < 1.29 is 0 Å². The first-order valence-electron chi connectivity index (χ1n) is 14.6. The second-order valence-electron chi connectivity index (χ2n) is 10.9. The Labute approximate surface area is 239 Å². The van der Waals surface area contributed by atoms with E-state index in [1.54, 1.807) is 0 Å². The molecule has 0 aliphatic heterocycles. The molecule has 6 aromatic carbocycles. The highest BCUT2D eigenvalue weighted by atomic mass is 15.1. The Balaban J connectivity index is 1.52. The zero-order valence-corrected chi connectivity index (χ0v) is 23.1. The lowest BCUT2D eigenvalue weighted by atomic mass is 9.84. The van der Waals surface area contributed by atoms with Gasteiger partial charge in [0.05, 0.1) is 16.7 Å². The summed E-state index contributed by atoms with van der Waals surface area (Å²) >= 11 is 0. The van der Waals surface area contributed by atoms with Crippen LogP contribution >= 0.6 is 0 Å². The van der Waals surface area contributed by atoms with E-state index < -0.39 is 0 Å². The Morgan fingerprint density at radius 1 is 0.585 bits per heavy atom. The Hall–Kier alpha value is -4.95. The number of para-hydroxylation sites is 3. The second kappa shape index (κ2) is 9.60. The summed E-state index contributed by atoms with van der Waals surface area (Å²) in [5, 5.41) is 7.82. The van der Waals surface area contributed by atoms with Crippen molar-refractivity contribution in [2.45, 2.75) is 26.2 Å². The predicted molar refractivity (Wildman–Crippen MR) is 174 cm³/mol. The first-order chi connectivity index (χ1) is 20.3. The van der Waals surface area contributed by atoms with Gasteiger partial charge in [-0.05, 0) is 79.7 Å². The van der Waals surface area contributed by atoms with Gasteiger partial charge in [-0.15, -0.1) is 0 Å². The zero-order valence-electron chi connectivity index (χ0n) is 23.1. The number of nitrogens with zero attached hydrogens (tertiary/aromatic N) is 2. The average molecular weight is 527 g/mol. The van der Waals surface area contributed by atoms with Gasteiger partial charge in [-0.1, -0.05) is 116 Å². The lowest BCUT2D eigenvalue weighted by Gasteiger charge is -2.21. The van der Waals surface area contributed by atoms with Crippen LogP contribution in [0.4, 0.5) is 0 Å². The molecule has 2 nitrogen and oxygen atoms in total. The Kier molecular flexibility index (Phi) is 5.60. The van der Waals surface area contributed by atoms with E-state index in [1.165, 1.54) is 59.9 Å². The van der Waals surface area contributed by atoms with Crippen LogP contribution in [0.25, 0.3) is 72.7 Å². The summed E-state index contributed by atoms with van der Waals surface area (Å²) in [5.41, 5.74) is 8.48. The van der Waals surface area contributed by atoms with E-state index in [-0.39, 0.29) is 0 Å². The van der Waals surface area contributed by atoms with Gasteiger partial charge in [0.2, 0.25) is 0 Å². The highest BCUT2D eigenvalue weighted by Gasteiger charge is 2.21. The molecule has 8 rings (SSSR count). The minimum Gasteiger partial charge on any atom is -0.296 e. The lowest BCUT2D eigenvalue weighted by Crippen LogP contribution is -2.28. The van der Waals surface area contributed by atoms with Crippen LogP contribution in [0, 0.1) is 0 Å². The Bertz CT molecular complexity index is 2190. The maximum absolute atomic E-state index is 5.02. The highest BCUT2D eigenvalue weighted by molar-refractivity contribution is 6.22. The van der Waals surface area contributed by atoms with Crippen LogP contribution in [0.3, 0.4) is 0 Å². The molecule has 0 fully saturated rings. The largest absolute Gasteiger partial charge is 0.296 e. The van der Waals surface area contributed by atoms with E-state index in [1.807, 2.05) is 0 Å². The van der Waals surface area contributed by atoms with Gasteiger partial charge in [0, 0.05) is 12.0 Å². The average Bonchev–Trinajstić information content (AvgIpc) is 3.42. The Morgan fingerprint density at radius 3 is 1.90 bits per heavy atom. The fraction of sp³-hybridized carbons (Fsp3) is 0.103. The molecule has 1 aliphatic rings. The fourth-order valence-corrected chi connectivity index (χ4v) is 6.84. The van der Waals surface area contributed by atoms with E-state index in [2.05, 4.69) is 139 Å². The van der Waals surface area contributed by atoms with Crippen LogP contribution in [-0.2, 0) is 6.42 Å². The van der Waals surface area contributed by atoms with Crippen LogP contribution < -0.4 is 10.4 Å². The van der Waals surface area contributed by atoms with Gasteiger partial charge in [-0.2, -0.15) is 0 Å². The van der Waals surface area contributed by atoms with Crippen molar-refractivity contribution in [1.29, 1.82) is 0 Å². The van der Waals surface area contributed by atoms with E-state index in [0.29, 0.717) is 0 Å². The van der Waals surface area contributed by atoms with E-state index in [9.17, 15) is 0 Å². The minimum absolute atomic E-state index is 0.857. The van der Waals surface area contributed by atoms with Crippen LogP contribution in [0.5, 0.6) is 0 Å². The second-order valence-corrected chi connectivity index (χ2v) is 10.9. The smallest absolute Gasteiger partial charge is 0.114 e. The van der Waals surface area contributed by atoms with E-state index in [0.717, 1.165) is 36.1 Å². The zero-order chi connectivity index (χ0) is 27.3. The normalized spacial score (nSPS) is 12.8. The molecule has 0 N–H and O–H groups in total. The van der Waals surface area contributed by atoms with Gasteiger partial charge in [-0.25, -0.2) is 4.98 Å². The van der Waals surface area contributed by atoms with Crippen molar-refractivity contribution in [2.75, 3.05) is 0 Å². The summed E-state index contributed by atoms with van der Waals surface area (Å²) < 4.78 is 2.36. The van der Waals surface area contributed by atoms with Crippen LogP contribution in [0.2, 0.25) is 0 Å². The molecule has 2 heteroatoms. The number of aromatic nitrogens is 2. The standard InChI is InChI=1S/C39H30N2/c1-2-37-40-34-23-10-12-25-36(34)41(37)35-24-11-9-21-33(35)39-31-19-7-5-17-29(31)38(30-18-6-8-20-32(30)39)28-22-13-15-26-14-3-4-16-27(26)28/h5-25H,2-4H2,1H3. The molecule has 0 unspecified atom stereocenters. The number of imidazole rings is 1. The third-order valence-corrected chi connectivity index (χ3v) is 8.58. The summed E-state index contributed by atoms with van der Waals surface area (Å²) in [5.74, 6) is 1.08. The molecule has 1 aliphatic carbocycles. The number of benzene rings is 6. The Morgan fingerprint density at radius 2 is 1.17 bits per heavy atom. The van der Waals surface area contributed by atoms with Crippen molar-refractivity contribution in [3.8, 4) is 27.9 Å². The molecular weight excluding hydrogens is 496 g/mol. The molecule has 7 aromatic rings. The molecule has 41 heavy (non-hydrogen) atoms. The summed E-state index contributed by atoms with van der Waals surface area (Å²) in [6.07, 6.45) is 7.86. The quantitative estimate of drug-likeness (QED) is 0.210. The maximum Gasteiger partial charge on any atom is 0.114 e. The summed E-state index contributed by atoms with van der Waals surface area (Å²) in [6, 6.07) is 42.0. The van der Waals surface area contributed by atoms with Crippen molar-refractivity contribution in [1.82, 2.24) is 9.55 Å². The molecule has 0 atom stereocenters. The van der Waals surface area contributed by atoms with E-state index >= 15 is 0 Å². The van der Waals surface area contributed by atoms with Gasteiger partial charge in [0.25, 0.3) is 0 Å². The van der Waals surface area contributed by atoms with Gasteiger partial charge in [0.15, 0.2) is 0 Å². The van der Waals surface area contributed by atoms with E-state index in [4.69, 9.17) is 4.98 Å². The van der Waals surface area contributed by atoms with Crippen molar-refractivity contribution in [3.05, 3.63) is 132 Å². The summed E-state index contributed by atoms with van der Waals surface area (Å²) in [6.45, 7) is 2.19. The molecule has 0 radical (unpaired) electrons. The van der Waals surface area contributed by atoms with Crippen molar-refractivity contribution in [3.63, 3.8) is 0 Å². The van der Waals surface area contributed by atoms with Gasteiger partial charge >= 0.3 is 0 Å². The van der Waals surface area contributed by atoms with Gasteiger partial charge in [0.1, 0.15) is 5.82 Å². The number of hydrogen-bond acceptors (Lipinski definition) is 1. The number of hydrogen-bond donors (Lipinski definition) is 0. The van der Waals surface area contributed by atoms with Gasteiger partial charge < -0.3 is 0 Å². The summed E-state index contributed by atoms with van der Waals surface area (Å²) in [7, 11) is 0. The molecular formula is C39H30N2. The van der Waals surface area contributed by atoms with Crippen LogP contribution in [0.15, 0.2) is 115 Å². The third-order valence-electron chi connectivity index (χ3n) is 8.58. The molecule has 0 amide bonds. The topological polar surface area (TPSA) is 17.8 Å². The fourth-order valence-electron chi connectivity index (χ4n) is 6.84. The first kappa shape index (κ1) is 23.9. The third kappa shape index (κ3) is 3.68. The number of aryl methyl sites for hydroxylation is 1. The van der Waals surface area contributed by atoms with Crippen molar-refractivity contribution in [2.24, 2.45) is 0 Å². The molecule has 0 saturated carbocycles. The molecule has 0 spiro atoms. The summed E-state index contributed by atoms with van der Waals surface area (Å²) in [4.78, 5) is 5.02. The molecule has 196 valence electrons. The predicted octanol–water partition coefficient (Wildman–Crippen LogP) is 8.58. The number of fused-ring (bicyclic) bond motifs is 4. The molecule has 1 aromatic heterocycles. The first-order valence-corrected chi connectivity index (χ1v) is 14.6. The van der Waals surface area contributed by atoms with Crippen LogP contribution in [0.1, 0.15) is 25.6 Å². The highest BCUT2D eigenvalue weighted by Crippen LogP contribution is 2.44. The van der Waals surface area contributed by atoms with Gasteiger partial charge in [-0.3, -0.25) is 4.57 Å². The number of rotatable bonds is 4. The monoisotopic (exact) mass is 526 g/mol. The minimum atomic E-state index is 0.857. The molecule has 0 saturated heterocycles. The maximum atomic E-state index is 5.02. The SMILES string of the molecule is CCc1nc2ccccc2n1-c1ccccc1-c1c2ccccc2c(-c2cccc3c2=CCCC=3)c2ccccc12. The van der Waals surface area contributed by atoms with Crippen LogP contribution in [-0.4, -0.2) is 9.55 Å². The molecule has 1 heterocycles. The molecule has 0 bridgehead atoms.